The summed E-state index contributed by atoms with van der Waals surface area (Å²) in [5.74, 6) is 6.85. The third-order valence-electron chi connectivity index (χ3n) is 5.03. The van der Waals surface area contributed by atoms with Crippen LogP contribution in [0.1, 0.15) is 35.6 Å². The van der Waals surface area contributed by atoms with Gasteiger partial charge in [-0.15, -0.1) is 24.8 Å². The molecule has 1 saturated heterocycles. The normalized spacial score (nSPS) is 20.0. The van der Waals surface area contributed by atoms with E-state index in [1.165, 1.54) is 19.2 Å². The zero-order valence-corrected chi connectivity index (χ0v) is 17.1. The second kappa shape index (κ2) is 10.3. The van der Waals surface area contributed by atoms with E-state index in [4.69, 9.17) is 10.6 Å². The van der Waals surface area contributed by atoms with Crippen molar-refractivity contribution in [3.8, 4) is 5.75 Å². The molecule has 3 nitrogen and oxygen atoms in total. The molecule has 0 radical (unpaired) electrons. The summed E-state index contributed by atoms with van der Waals surface area (Å²) < 4.78 is 44.7. The van der Waals surface area contributed by atoms with Gasteiger partial charge in [-0.1, -0.05) is 30.3 Å². The van der Waals surface area contributed by atoms with Crippen LogP contribution < -0.4 is 10.6 Å². The molecule has 0 amide bonds. The molecule has 2 atom stereocenters. The van der Waals surface area contributed by atoms with Crippen LogP contribution in [0.2, 0.25) is 0 Å². The summed E-state index contributed by atoms with van der Waals surface area (Å²) in [5, 5.41) is 1.81. The van der Waals surface area contributed by atoms with Gasteiger partial charge < -0.3 is 4.74 Å². The maximum Gasteiger partial charge on any atom is 0.416 e. The standard InChI is InChI=1S/C20H23F3N2O.2ClH/c1-26-18-10-9-17(20(21,22)23)13-16(18)12-15-8-5-11-25(24)19(15)14-6-3-2-4-7-14;;/h2-4,6-7,9-10,13,15,19H,5,8,11-12,24H2,1H3;2*1H/t15-,19+;;/m0../s1. The molecule has 0 unspecified atom stereocenters. The quantitative estimate of drug-likeness (QED) is 0.649. The minimum Gasteiger partial charge on any atom is -0.496 e. The Labute approximate surface area is 175 Å². The molecule has 0 aliphatic carbocycles. The zero-order valence-electron chi connectivity index (χ0n) is 15.5. The number of hydrogen-bond acceptors (Lipinski definition) is 3. The summed E-state index contributed by atoms with van der Waals surface area (Å²) in [5.41, 5.74) is 1.01. The molecule has 8 heteroatoms. The van der Waals surface area contributed by atoms with Gasteiger partial charge in [-0.25, -0.2) is 5.01 Å². The van der Waals surface area contributed by atoms with Crippen molar-refractivity contribution in [2.24, 2.45) is 11.8 Å². The fourth-order valence-electron chi connectivity index (χ4n) is 3.83. The predicted molar refractivity (Wildman–Crippen MR) is 109 cm³/mol. The monoisotopic (exact) mass is 436 g/mol. The fraction of sp³-hybridized carbons (Fsp3) is 0.400. The number of piperidine rings is 1. The number of benzene rings is 2. The Morgan fingerprint density at radius 2 is 1.79 bits per heavy atom. The van der Waals surface area contributed by atoms with Gasteiger partial charge >= 0.3 is 6.18 Å². The minimum absolute atomic E-state index is 0. The number of methoxy groups -OCH3 is 1. The van der Waals surface area contributed by atoms with Crippen molar-refractivity contribution in [1.29, 1.82) is 0 Å². The second-order valence-electron chi connectivity index (χ2n) is 6.72. The van der Waals surface area contributed by atoms with Crippen LogP contribution in [0, 0.1) is 5.92 Å². The lowest BCUT2D eigenvalue weighted by Gasteiger charge is -2.39. The Morgan fingerprint density at radius 1 is 1.11 bits per heavy atom. The summed E-state index contributed by atoms with van der Waals surface area (Å²) in [6.07, 6.45) is -2.05. The van der Waals surface area contributed by atoms with E-state index in [-0.39, 0.29) is 36.8 Å². The van der Waals surface area contributed by atoms with Crippen LogP contribution in [0.5, 0.6) is 5.75 Å². The van der Waals surface area contributed by atoms with E-state index >= 15 is 0 Å². The highest BCUT2D eigenvalue weighted by molar-refractivity contribution is 5.85. The van der Waals surface area contributed by atoms with Crippen LogP contribution in [-0.2, 0) is 12.6 Å². The van der Waals surface area contributed by atoms with Crippen LogP contribution >= 0.6 is 24.8 Å². The number of hydrogen-bond donors (Lipinski definition) is 1. The van der Waals surface area contributed by atoms with Crippen molar-refractivity contribution in [2.75, 3.05) is 13.7 Å². The highest BCUT2D eigenvalue weighted by Gasteiger charge is 2.34. The Morgan fingerprint density at radius 3 is 2.39 bits per heavy atom. The highest BCUT2D eigenvalue weighted by Crippen LogP contribution is 2.39. The first-order valence-corrected chi connectivity index (χ1v) is 8.70. The molecule has 1 fully saturated rings. The van der Waals surface area contributed by atoms with Gasteiger partial charge in [0.25, 0.3) is 0 Å². The summed E-state index contributed by atoms with van der Waals surface area (Å²) in [6, 6.07) is 13.5. The van der Waals surface area contributed by atoms with E-state index in [0.717, 1.165) is 31.0 Å². The van der Waals surface area contributed by atoms with Gasteiger partial charge in [0.2, 0.25) is 0 Å². The molecule has 156 valence electrons. The SMILES string of the molecule is COc1ccc(C(F)(F)F)cc1C[C@@H]1CCCN(N)[C@@H]1c1ccccc1.Cl.Cl. The van der Waals surface area contributed by atoms with E-state index in [1.54, 1.807) is 0 Å². The lowest BCUT2D eigenvalue weighted by molar-refractivity contribution is -0.137. The number of ether oxygens (including phenoxy) is 1. The van der Waals surface area contributed by atoms with E-state index in [0.29, 0.717) is 17.7 Å². The van der Waals surface area contributed by atoms with E-state index in [9.17, 15) is 13.2 Å². The summed E-state index contributed by atoms with van der Waals surface area (Å²) in [7, 11) is 1.48. The van der Waals surface area contributed by atoms with Crippen molar-refractivity contribution in [1.82, 2.24) is 5.01 Å². The van der Waals surface area contributed by atoms with Crippen molar-refractivity contribution >= 4 is 24.8 Å². The van der Waals surface area contributed by atoms with Crippen LogP contribution in [0.4, 0.5) is 13.2 Å². The first kappa shape index (κ1) is 24.6. The average molecular weight is 437 g/mol. The summed E-state index contributed by atoms with van der Waals surface area (Å²) in [4.78, 5) is 0. The Kier molecular flexibility index (Phi) is 9.08. The third-order valence-corrected chi connectivity index (χ3v) is 5.03. The van der Waals surface area contributed by atoms with Crippen molar-refractivity contribution in [3.63, 3.8) is 0 Å². The highest BCUT2D eigenvalue weighted by atomic mass is 35.5. The molecule has 1 aliphatic heterocycles. The molecular formula is C20H25Cl2F3N2O. The second-order valence-corrected chi connectivity index (χ2v) is 6.72. The Balaban J connectivity index is 0.00000196. The molecule has 2 aromatic carbocycles. The minimum atomic E-state index is -4.37. The number of rotatable bonds is 4. The maximum atomic E-state index is 13.1. The number of alkyl halides is 3. The topological polar surface area (TPSA) is 38.5 Å². The number of nitrogens with two attached hydrogens (primary N) is 1. The molecule has 1 aliphatic rings. The molecule has 0 aromatic heterocycles. The van der Waals surface area contributed by atoms with Gasteiger partial charge in [0.1, 0.15) is 5.75 Å². The molecule has 3 rings (SSSR count). The van der Waals surface area contributed by atoms with Gasteiger partial charge in [-0.3, -0.25) is 5.84 Å². The fourth-order valence-corrected chi connectivity index (χ4v) is 3.83. The van der Waals surface area contributed by atoms with Crippen molar-refractivity contribution < 1.29 is 17.9 Å². The average Bonchev–Trinajstić information content (AvgIpc) is 2.62. The molecule has 0 spiro atoms. The van der Waals surface area contributed by atoms with Gasteiger partial charge in [0.05, 0.1) is 18.7 Å². The lowest BCUT2D eigenvalue weighted by Crippen LogP contribution is -2.44. The van der Waals surface area contributed by atoms with Crippen molar-refractivity contribution in [3.05, 3.63) is 65.2 Å². The molecule has 0 bridgehead atoms. The first-order valence-electron chi connectivity index (χ1n) is 8.70. The molecular weight excluding hydrogens is 412 g/mol. The van der Waals surface area contributed by atoms with Crippen LogP contribution in [0.15, 0.2) is 48.5 Å². The number of nitrogens with zero attached hydrogens (tertiary/aromatic N) is 1. The van der Waals surface area contributed by atoms with Crippen LogP contribution in [-0.4, -0.2) is 18.7 Å². The van der Waals surface area contributed by atoms with Crippen LogP contribution in [0.3, 0.4) is 0 Å². The van der Waals surface area contributed by atoms with Gasteiger partial charge in [-0.2, -0.15) is 13.2 Å². The zero-order chi connectivity index (χ0) is 18.7. The van der Waals surface area contributed by atoms with Crippen LogP contribution in [0.25, 0.3) is 0 Å². The van der Waals surface area contributed by atoms with E-state index in [1.807, 2.05) is 35.3 Å². The maximum absolute atomic E-state index is 13.1. The summed E-state index contributed by atoms with van der Waals surface area (Å²) in [6.45, 7) is 0.774. The predicted octanol–water partition coefficient (Wildman–Crippen LogP) is 5.43. The summed E-state index contributed by atoms with van der Waals surface area (Å²) >= 11 is 0. The molecule has 28 heavy (non-hydrogen) atoms. The molecule has 0 saturated carbocycles. The third kappa shape index (κ3) is 5.54. The van der Waals surface area contributed by atoms with Gasteiger partial charge in [-0.05, 0) is 54.5 Å². The lowest BCUT2D eigenvalue weighted by atomic mass is 9.81. The molecule has 2 N–H and O–H groups in total. The molecule has 2 aromatic rings. The van der Waals surface area contributed by atoms with Gasteiger partial charge in [0.15, 0.2) is 0 Å². The van der Waals surface area contributed by atoms with Gasteiger partial charge in [0, 0.05) is 6.54 Å². The van der Waals surface area contributed by atoms with E-state index in [2.05, 4.69) is 0 Å². The largest absolute Gasteiger partial charge is 0.496 e. The Hall–Kier alpha value is -1.47. The molecule has 1 heterocycles. The smallest absolute Gasteiger partial charge is 0.416 e. The van der Waals surface area contributed by atoms with Crippen molar-refractivity contribution in [2.45, 2.75) is 31.5 Å². The number of halogens is 5. The van der Waals surface area contributed by atoms with E-state index < -0.39 is 11.7 Å². The first-order chi connectivity index (χ1) is 12.4. The number of hydrazine groups is 1. The Bertz CT molecular complexity index is 744.